The summed E-state index contributed by atoms with van der Waals surface area (Å²) >= 11 is 6.24. The molecule has 1 atom stereocenters. The predicted molar refractivity (Wildman–Crippen MR) is 131 cm³/mol. The number of hydrogen-bond acceptors (Lipinski definition) is 5. The van der Waals surface area contributed by atoms with Crippen LogP contribution in [0.2, 0.25) is 5.02 Å². The zero-order chi connectivity index (χ0) is 24.1. The van der Waals surface area contributed by atoms with E-state index in [2.05, 4.69) is 17.4 Å². The minimum Gasteiger partial charge on any atom is -0.495 e. The number of rotatable bonds is 9. The summed E-state index contributed by atoms with van der Waals surface area (Å²) in [7, 11) is -2.29. The molecule has 2 aromatic carbocycles. The van der Waals surface area contributed by atoms with Crippen molar-refractivity contribution in [3.63, 3.8) is 0 Å². The van der Waals surface area contributed by atoms with Gasteiger partial charge in [0.1, 0.15) is 11.8 Å². The molecule has 0 aliphatic carbocycles. The molecule has 1 aliphatic rings. The summed E-state index contributed by atoms with van der Waals surface area (Å²) in [5, 5.41) is 3.31. The Hall–Kier alpha value is -2.29. The average molecular weight is 495 g/mol. The number of sulfonamides is 1. The van der Waals surface area contributed by atoms with Gasteiger partial charge >= 0.3 is 0 Å². The van der Waals surface area contributed by atoms with Crippen LogP contribution < -0.4 is 14.4 Å². The fraction of sp³-hybridized carbons (Fsp3) is 0.458. The average Bonchev–Trinajstić information content (AvgIpc) is 2.81. The SMILES string of the molecule is CCC(C(=O)NCC1(c2ccccc2)CCOCC1)N(c1ccc(OC)c(Cl)c1)S(C)(=O)=O. The molecule has 1 heterocycles. The van der Waals surface area contributed by atoms with Crippen LogP contribution in [0.1, 0.15) is 31.7 Å². The third kappa shape index (κ3) is 5.80. The number of anilines is 1. The molecule has 2 aromatic rings. The van der Waals surface area contributed by atoms with Gasteiger partial charge in [-0.2, -0.15) is 0 Å². The second-order valence-corrected chi connectivity index (χ2v) is 10.5. The summed E-state index contributed by atoms with van der Waals surface area (Å²) in [6.45, 7) is 3.41. The highest BCUT2D eigenvalue weighted by Gasteiger charge is 2.37. The molecule has 9 heteroatoms. The molecule has 1 aliphatic heterocycles. The lowest BCUT2D eigenvalue weighted by molar-refractivity contribution is -0.122. The van der Waals surface area contributed by atoms with Gasteiger partial charge in [-0.1, -0.05) is 48.9 Å². The van der Waals surface area contributed by atoms with Gasteiger partial charge in [-0.25, -0.2) is 8.42 Å². The van der Waals surface area contributed by atoms with Crippen LogP contribution in [0.15, 0.2) is 48.5 Å². The molecule has 0 bridgehead atoms. The molecule has 1 unspecified atom stereocenters. The van der Waals surface area contributed by atoms with Crippen molar-refractivity contribution >= 4 is 33.2 Å². The Morgan fingerprint density at radius 2 is 1.88 bits per heavy atom. The van der Waals surface area contributed by atoms with E-state index in [4.69, 9.17) is 21.1 Å². The fourth-order valence-corrected chi connectivity index (χ4v) is 5.80. The zero-order valence-electron chi connectivity index (χ0n) is 19.2. The van der Waals surface area contributed by atoms with E-state index >= 15 is 0 Å². The molecule has 1 N–H and O–H groups in total. The van der Waals surface area contributed by atoms with E-state index in [0.717, 1.165) is 29.0 Å². The molecule has 33 heavy (non-hydrogen) atoms. The lowest BCUT2D eigenvalue weighted by Gasteiger charge is -2.39. The van der Waals surface area contributed by atoms with Gasteiger partial charge < -0.3 is 14.8 Å². The van der Waals surface area contributed by atoms with Crippen molar-refractivity contribution < 1.29 is 22.7 Å². The first-order valence-corrected chi connectivity index (χ1v) is 13.2. The van der Waals surface area contributed by atoms with E-state index in [-0.39, 0.29) is 16.3 Å². The Morgan fingerprint density at radius 3 is 2.42 bits per heavy atom. The number of amides is 1. The maximum Gasteiger partial charge on any atom is 0.243 e. The number of carbonyl (C=O) groups excluding carboxylic acids is 1. The Morgan fingerprint density at radius 1 is 1.21 bits per heavy atom. The first-order chi connectivity index (χ1) is 15.7. The standard InChI is InChI=1S/C24H31ClN2O5S/c1-4-21(27(33(3,29)30)19-10-11-22(31-2)20(25)16-19)23(28)26-17-24(12-14-32-15-13-24)18-8-6-5-7-9-18/h5-11,16,21H,4,12-15,17H2,1-3H3,(H,26,28). The van der Waals surface area contributed by atoms with E-state index in [1.165, 1.54) is 13.2 Å². The van der Waals surface area contributed by atoms with Gasteiger partial charge in [0.15, 0.2) is 0 Å². The summed E-state index contributed by atoms with van der Waals surface area (Å²) in [6.07, 6.45) is 2.94. The first-order valence-electron chi connectivity index (χ1n) is 11.0. The fourth-order valence-electron chi connectivity index (χ4n) is 4.35. The van der Waals surface area contributed by atoms with Crippen molar-refractivity contribution in [3.8, 4) is 5.75 Å². The largest absolute Gasteiger partial charge is 0.495 e. The van der Waals surface area contributed by atoms with E-state index in [0.29, 0.717) is 37.6 Å². The first kappa shape index (κ1) is 25.3. The summed E-state index contributed by atoms with van der Waals surface area (Å²) in [4.78, 5) is 13.4. The van der Waals surface area contributed by atoms with Crippen molar-refractivity contribution in [3.05, 3.63) is 59.1 Å². The van der Waals surface area contributed by atoms with Gasteiger partial charge in [-0.05, 0) is 43.0 Å². The van der Waals surface area contributed by atoms with Gasteiger partial charge in [0, 0.05) is 25.2 Å². The highest BCUT2D eigenvalue weighted by molar-refractivity contribution is 7.92. The molecule has 0 aromatic heterocycles. The second-order valence-electron chi connectivity index (χ2n) is 8.28. The van der Waals surface area contributed by atoms with Crippen LogP contribution in [0.5, 0.6) is 5.75 Å². The summed E-state index contributed by atoms with van der Waals surface area (Å²) in [5.41, 5.74) is 1.20. The van der Waals surface area contributed by atoms with Crippen LogP contribution in [-0.2, 0) is 25.0 Å². The number of nitrogens with one attached hydrogen (secondary N) is 1. The summed E-state index contributed by atoms with van der Waals surface area (Å²) in [6, 6.07) is 13.8. The maximum absolute atomic E-state index is 13.4. The van der Waals surface area contributed by atoms with Gasteiger partial charge in [0.25, 0.3) is 0 Å². The van der Waals surface area contributed by atoms with Crippen molar-refractivity contribution in [2.75, 3.05) is 37.4 Å². The Bertz CT molecular complexity index is 1060. The monoisotopic (exact) mass is 494 g/mol. The molecular weight excluding hydrogens is 464 g/mol. The summed E-state index contributed by atoms with van der Waals surface area (Å²) in [5.74, 6) is 0.0763. The Labute approximate surface area is 201 Å². The van der Waals surface area contributed by atoms with E-state index in [9.17, 15) is 13.2 Å². The number of methoxy groups -OCH3 is 1. The molecule has 1 amide bonds. The van der Waals surface area contributed by atoms with Gasteiger partial charge in [-0.3, -0.25) is 9.10 Å². The van der Waals surface area contributed by atoms with Crippen LogP contribution in [0.4, 0.5) is 5.69 Å². The van der Waals surface area contributed by atoms with Crippen LogP contribution in [0.3, 0.4) is 0 Å². The Kier molecular flexibility index (Phi) is 8.26. The topological polar surface area (TPSA) is 84.9 Å². The van der Waals surface area contributed by atoms with Crippen LogP contribution >= 0.6 is 11.6 Å². The molecule has 0 spiro atoms. The number of ether oxygens (including phenoxy) is 2. The normalized spacial score (nSPS) is 16.6. The van der Waals surface area contributed by atoms with Gasteiger partial charge in [0.2, 0.25) is 15.9 Å². The smallest absolute Gasteiger partial charge is 0.243 e. The number of benzene rings is 2. The van der Waals surface area contributed by atoms with Crippen LogP contribution in [0.25, 0.3) is 0 Å². The lowest BCUT2D eigenvalue weighted by Crippen LogP contribution is -2.52. The van der Waals surface area contributed by atoms with Gasteiger partial charge in [0.05, 0.1) is 24.1 Å². The molecule has 180 valence electrons. The van der Waals surface area contributed by atoms with Crippen LogP contribution in [-0.4, -0.2) is 53.5 Å². The highest BCUT2D eigenvalue weighted by Crippen LogP contribution is 2.35. The molecule has 0 radical (unpaired) electrons. The Balaban J connectivity index is 1.87. The minimum atomic E-state index is -3.77. The molecule has 0 saturated carbocycles. The second kappa shape index (κ2) is 10.8. The molecular formula is C24H31ClN2O5S. The van der Waals surface area contributed by atoms with Crippen molar-refractivity contribution in [1.29, 1.82) is 0 Å². The predicted octanol–water partition coefficient (Wildman–Crippen LogP) is 3.76. The number of hydrogen-bond donors (Lipinski definition) is 1. The highest BCUT2D eigenvalue weighted by atomic mass is 35.5. The number of halogens is 1. The minimum absolute atomic E-state index is 0.257. The van der Waals surface area contributed by atoms with E-state index in [1.807, 2.05) is 18.2 Å². The summed E-state index contributed by atoms with van der Waals surface area (Å²) < 4.78 is 37.4. The molecule has 1 fully saturated rings. The third-order valence-corrected chi connectivity index (χ3v) is 7.63. The number of carbonyl (C=O) groups is 1. The van der Waals surface area contributed by atoms with E-state index < -0.39 is 16.1 Å². The quantitative estimate of drug-likeness (QED) is 0.573. The maximum atomic E-state index is 13.4. The van der Waals surface area contributed by atoms with E-state index in [1.54, 1.807) is 19.1 Å². The lowest BCUT2D eigenvalue weighted by atomic mass is 9.74. The van der Waals surface area contributed by atoms with Crippen molar-refractivity contribution in [2.24, 2.45) is 0 Å². The zero-order valence-corrected chi connectivity index (χ0v) is 20.8. The van der Waals surface area contributed by atoms with Gasteiger partial charge in [-0.15, -0.1) is 0 Å². The van der Waals surface area contributed by atoms with Crippen molar-refractivity contribution in [2.45, 2.75) is 37.6 Å². The van der Waals surface area contributed by atoms with Crippen molar-refractivity contribution in [1.82, 2.24) is 5.32 Å². The number of nitrogens with zero attached hydrogens (tertiary/aromatic N) is 1. The third-order valence-electron chi connectivity index (χ3n) is 6.16. The van der Waals surface area contributed by atoms with Crippen LogP contribution in [0, 0.1) is 0 Å². The molecule has 1 saturated heterocycles. The molecule has 7 nitrogen and oxygen atoms in total. The molecule has 3 rings (SSSR count).